The van der Waals surface area contributed by atoms with Gasteiger partial charge in [-0.05, 0) is 59.3 Å². The normalized spacial score (nSPS) is 14.5. The van der Waals surface area contributed by atoms with E-state index in [-0.39, 0.29) is 47.7 Å². The van der Waals surface area contributed by atoms with Gasteiger partial charge in [-0.2, -0.15) is 0 Å². The van der Waals surface area contributed by atoms with Crippen LogP contribution in [-0.4, -0.2) is 59.2 Å². The molecule has 12 nitrogen and oxygen atoms in total. The van der Waals surface area contributed by atoms with Crippen molar-refractivity contribution in [2.45, 2.75) is 65.1 Å². The number of primary amides is 1. The first-order valence-electron chi connectivity index (χ1n) is 12.5. The molecule has 212 valence electrons. The molecule has 2 atom stereocenters. The van der Waals surface area contributed by atoms with Gasteiger partial charge >= 0.3 is 6.09 Å². The zero-order chi connectivity index (χ0) is 29.1. The molecule has 1 aliphatic heterocycles. The van der Waals surface area contributed by atoms with Crippen LogP contribution in [0, 0.1) is 5.92 Å². The molecule has 0 aliphatic carbocycles. The Morgan fingerprint density at radius 3 is 2.21 bits per heavy atom. The Morgan fingerprint density at radius 2 is 1.64 bits per heavy atom. The van der Waals surface area contributed by atoms with E-state index in [1.165, 1.54) is 13.0 Å². The van der Waals surface area contributed by atoms with Gasteiger partial charge < -0.3 is 26.4 Å². The van der Waals surface area contributed by atoms with Crippen molar-refractivity contribution in [3.63, 3.8) is 0 Å². The standard InChI is InChI=1S/C26H34BrN5O7/c1-15(2)22(31-20(33)7-5-4-6-12-32-21(34)13-19(27)25(32)37)24(36)29-16(3)23(35)30-18-10-8-17(9-11-18)14-39-26(28)38/h8-11,13,15-16,22H,4-7,12,14H2,1-3H3,(H2,28,38)(H,29,36)(H,30,35)(H,31,33)/t16-,22-/m0/s1. The number of benzene rings is 1. The Kier molecular flexibility index (Phi) is 12.1. The van der Waals surface area contributed by atoms with Crippen molar-refractivity contribution in [1.29, 1.82) is 0 Å². The Balaban J connectivity index is 1.75. The number of carbonyl (C=O) groups is 6. The lowest BCUT2D eigenvalue weighted by Gasteiger charge is -2.24. The summed E-state index contributed by atoms with van der Waals surface area (Å²) in [6.45, 7) is 5.39. The van der Waals surface area contributed by atoms with Gasteiger partial charge in [0.2, 0.25) is 17.7 Å². The van der Waals surface area contributed by atoms with Gasteiger partial charge in [0.25, 0.3) is 11.8 Å². The molecule has 0 spiro atoms. The molecule has 1 aliphatic rings. The summed E-state index contributed by atoms with van der Waals surface area (Å²) in [5.41, 5.74) is 6.11. The lowest BCUT2D eigenvalue weighted by Crippen LogP contribution is -2.53. The van der Waals surface area contributed by atoms with Crippen LogP contribution < -0.4 is 21.7 Å². The molecule has 1 heterocycles. The number of halogens is 1. The number of rotatable bonds is 14. The van der Waals surface area contributed by atoms with Crippen molar-refractivity contribution in [3.05, 3.63) is 40.4 Å². The van der Waals surface area contributed by atoms with E-state index in [9.17, 15) is 28.8 Å². The highest BCUT2D eigenvalue weighted by Gasteiger charge is 2.29. The summed E-state index contributed by atoms with van der Waals surface area (Å²) in [6.07, 6.45) is 2.23. The van der Waals surface area contributed by atoms with Crippen molar-refractivity contribution in [2.24, 2.45) is 11.7 Å². The molecule has 6 amide bonds. The van der Waals surface area contributed by atoms with Crippen LogP contribution >= 0.6 is 15.9 Å². The fourth-order valence-corrected chi connectivity index (χ4v) is 4.07. The number of nitrogens with one attached hydrogen (secondary N) is 3. The molecule has 13 heteroatoms. The van der Waals surface area contributed by atoms with E-state index in [1.54, 1.807) is 38.1 Å². The highest BCUT2D eigenvalue weighted by molar-refractivity contribution is 9.12. The van der Waals surface area contributed by atoms with E-state index in [0.29, 0.717) is 30.5 Å². The number of unbranched alkanes of at least 4 members (excludes halogenated alkanes) is 2. The molecule has 5 N–H and O–H groups in total. The molecule has 1 aromatic carbocycles. The second-order valence-electron chi connectivity index (χ2n) is 9.41. The topological polar surface area (TPSA) is 177 Å². The van der Waals surface area contributed by atoms with Crippen LogP contribution in [0.3, 0.4) is 0 Å². The monoisotopic (exact) mass is 607 g/mol. The number of nitrogens with two attached hydrogens (primary N) is 1. The molecular weight excluding hydrogens is 574 g/mol. The smallest absolute Gasteiger partial charge is 0.404 e. The molecule has 0 unspecified atom stereocenters. The molecule has 0 aromatic heterocycles. The van der Waals surface area contributed by atoms with E-state index in [1.807, 2.05) is 0 Å². The summed E-state index contributed by atoms with van der Waals surface area (Å²) in [5, 5.41) is 8.05. The number of nitrogens with zero attached hydrogens (tertiary/aromatic N) is 1. The van der Waals surface area contributed by atoms with Crippen molar-refractivity contribution in [2.75, 3.05) is 11.9 Å². The number of ether oxygens (including phenoxy) is 1. The molecule has 0 bridgehead atoms. The zero-order valence-electron chi connectivity index (χ0n) is 22.1. The Bertz CT molecular complexity index is 1120. The maximum atomic E-state index is 12.8. The largest absolute Gasteiger partial charge is 0.445 e. The summed E-state index contributed by atoms with van der Waals surface area (Å²) in [7, 11) is 0. The van der Waals surface area contributed by atoms with E-state index in [2.05, 4.69) is 31.9 Å². The predicted molar refractivity (Wildman–Crippen MR) is 146 cm³/mol. The van der Waals surface area contributed by atoms with Crippen LogP contribution in [0.2, 0.25) is 0 Å². The van der Waals surface area contributed by atoms with Crippen LogP contribution in [0.1, 0.15) is 52.0 Å². The maximum absolute atomic E-state index is 12.8. The van der Waals surface area contributed by atoms with Gasteiger partial charge in [-0.15, -0.1) is 0 Å². The lowest BCUT2D eigenvalue weighted by atomic mass is 10.0. The zero-order valence-corrected chi connectivity index (χ0v) is 23.7. The molecule has 2 rings (SSSR count). The highest BCUT2D eigenvalue weighted by atomic mass is 79.9. The van der Waals surface area contributed by atoms with E-state index >= 15 is 0 Å². The minimum atomic E-state index is -0.884. The van der Waals surface area contributed by atoms with Gasteiger partial charge in [-0.3, -0.25) is 28.9 Å². The average Bonchev–Trinajstić information content (AvgIpc) is 3.11. The second kappa shape index (κ2) is 15.0. The number of anilines is 1. The van der Waals surface area contributed by atoms with Crippen molar-refractivity contribution in [3.8, 4) is 0 Å². The van der Waals surface area contributed by atoms with Crippen LogP contribution in [0.5, 0.6) is 0 Å². The van der Waals surface area contributed by atoms with E-state index < -0.39 is 30.0 Å². The summed E-state index contributed by atoms with van der Waals surface area (Å²) < 4.78 is 4.94. The summed E-state index contributed by atoms with van der Waals surface area (Å²) >= 11 is 3.05. The third kappa shape index (κ3) is 10.2. The van der Waals surface area contributed by atoms with E-state index in [4.69, 9.17) is 10.5 Å². The first kappa shape index (κ1) is 31.5. The minimum Gasteiger partial charge on any atom is -0.445 e. The van der Waals surface area contributed by atoms with Crippen LogP contribution in [0.25, 0.3) is 0 Å². The summed E-state index contributed by atoms with van der Waals surface area (Å²) in [6, 6.07) is 4.86. The molecular formula is C26H34BrN5O7. The third-order valence-corrected chi connectivity index (χ3v) is 6.44. The van der Waals surface area contributed by atoms with Gasteiger partial charge in [0, 0.05) is 24.7 Å². The first-order valence-corrected chi connectivity index (χ1v) is 13.3. The predicted octanol–water partition coefficient (Wildman–Crippen LogP) is 2.07. The molecule has 39 heavy (non-hydrogen) atoms. The third-order valence-electron chi connectivity index (χ3n) is 5.87. The SMILES string of the molecule is CC(C)[C@H](NC(=O)CCCCCN1C(=O)C=C(Br)C1=O)C(=O)N[C@@H](C)C(=O)Nc1ccc(COC(N)=O)cc1. The fourth-order valence-electron chi connectivity index (χ4n) is 3.66. The Morgan fingerprint density at radius 1 is 0.974 bits per heavy atom. The second-order valence-corrected chi connectivity index (χ2v) is 10.3. The lowest BCUT2D eigenvalue weighted by molar-refractivity contribution is -0.137. The average molecular weight is 608 g/mol. The van der Waals surface area contributed by atoms with Gasteiger partial charge in [-0.1, -0.05) is 32.4 Å². The summed E-state index contributed by atoms with van der Waals surface area (Å²) in [5.74, 6) is -2.18. The van der Waals surface area contributed by atoms with Crippen molar-refractivity contribution < 1.29 is 33.5 Å². The molecule has 0 fully saturated rings. The van der Waals surface area contributed by atoms with Crippen molar-refractivity contribution >= 4 is 57.2 Å². The number of hydrogen-bond acceptors (Lipinski definition) is 7. The number of hydrogen-bond donors (Lipinski definition) is 4. The fraction of sp³-hybridized carbons (Fsp3) is 0.462. The Hall–Kier alpha value is -3.74. The molecule has 0 saturated heterocycles. The van der Waals surface area contributed by atoms with E-state index in [0.717, 1.165) is 4.90 Å². The maximum Gasteiger partial charge on any atom is 0.404 e. The molecule has 0 radical (unpaired) electrons. The summed E-state index contributed by atoms with van der Waals surface area (Å²) in [4.78, 5) is 73.3. The first-order chi connectivity index (χ1) is 18.4. The number of imide groups is 1. The number of carbonyl (C=O) groups excluding carboxylic acids is 6. The van der Waals surface area contributed by atoms with Crippen molar-refractivity contribution in [1.82, 2.24) is 15.5 Å². The van der Waals surface area contributed by atoms with Crippen LogP contribution in [0.15, 0.2) is 34.8 Å². The van der Waals surface area contributed by atoms with Gasteiger partial charge in [-0.25, -0.2) is 4.79 Å². The van der Waals surface area contributed by atoms with Gasteiger partial charge in [0.05, 0.1) is 4.48 Å². The van der Waals surface area contributed by atoms with Gasteiger partial charge in [0.1, 0.15) is 18.7 Å². The minimum absolute atomic E-state index is 0.00875. The van der Waals surface area contributed by atoms with Crippen LogP contribution in [0.4, 0.5) is 10.5 Å². The molecule has 1 aromatic rings. The Labute approximate surface area is 235 Å². The highest BCUT2D eigenvalue weighted by Crippen LogP contribution is 2.19. The number of amides is 6. The quantitative estimate of drug-likeness (QED) is 0.185. The van der Waals surface area contributed by atoms with Crippen LogP contribution in [-0.2, 0) is 35.3 Å². The molecule has 0 saturated carbocycles. The van der Waals surface area contributed by atoms with Gasteiger partial charge in [0.15, 0.2) is 0 Å².